The Balaban J connectivity index is 1.70. The maximum atomic E-state index is 12.3. The molecule has 146 valence electrons. The summed E-state index contributed by atoms with van der Waals surface area (Å²) in [6, 6.07) is 6.32. The van der Waals surface area contributed by atoms with Crippen LogP contribution >= 0.6 is 15.9 Å². The highest BCUT2D eigenvalue weighted by molar-refractivity contribution is 9.10. The SMILES string of the molecule is Cc1cc(OCCC[C@H]2CCN(C(=O)OC(C)(C)C)[C@@H](C)C2)ccc1Br. The first kappa shape index (κ1) is 21.1. The van der Waals surface area contributed by atoms with Crippen LogP contribution in [-0.4, -0.2) is 35.8 Å². The van der Waals surface area contributed by atoms with Gasteiger partial charge in [-0.25, -0.2) is 4.79 Å². The number of amides is 1. The Morgan fingerprint density at radius 1 is 1.35 bits per heavy atom. The van der Waals surface area contributed by atoms with Crippen LogP contribution in [0.5, 0.6) is 5.75 Å². The third-order valence-corrected chi connectivity index (χ3v) is 5.66. The predicted octanol–water partition coefficient (Wildman–Crippen LogP) is 5.95. The second-order valence-electron chi connectivity index (χ2n) is 8.31. The topological polar surface area (TPSA) is 38.8 Å². The normalized spacial score (nSPS) is 20.8. The van der Waals surface area contributed by atoms with Gasteiger partial charge in [0.05, 0.1) is 6.61 Å². The predicted molar refractivity (Wildman–Crippen MR) is 109 cm³/mol. The monoisotopic (exact) mass is 425 g/mol. The molecule has 1 saturated heterocycles. The Bertz CT molecular complexity index is 612. The van der Waals surface area contributed by atoms with Gasteiger partial charge < -0.3 is 14.4 Å². The molecule has 26 heavy (non-hydrogen) atoms. The van der Waals surface area contributed by atoms with Gasteiger partial charge in [0.2, 0.25) is 0 Å². The number of nitrogens with zero attached hydrogens (tertiary/aromatic N) is 1. The lowest BCUT2D eigenvalue weighted by atomic mass is 9.88. The largest absolute Gasteiger partial charge is 0.494 e. The molecule has 5 heteroatoms. The van der Waals surface area contributed by atoms with Crippen LogP contribution < -0.4 is 4.74 Å². The lowest BCUT2D eigenvalue weighted by Gasteiger charge is -2.38. The summed E-state index contributed by atoms with van der Waals surface area (Å²) in [5, 5.41) is 0. The summed E-state index contributed by atoms with van der Waals surface area (Å²) in [7, 11) is 0. The number of carbonyl (C=O) groups is 1. The van der Waals surface area contributed by atoms with Gasteiger partial charge in [0, 0.05) is 17.1 Å². The van der Waals surface area contributed by atoms with Crippen molar-refractivity contribution in [2.75, 3.05) is 13.2 Å². The number of ether oxygens (including phenoxy) is 2. The first-order valence-electron chi connectivity index (χ1n) is 9.54. The average molecular weight is 426 g/mol. The Kier molecular flexibility index (Phi) is 7.39. The van der Waals surface area contributed by atoms with Gasteiger partial charge in [-0.15, -0.1) is 0 Å². The molecule has 0 saturated carbocycles. The minimum absolute atomic E-state index is 0.183. The molecular weight excluding hydrogens is 394 g/mol. The summed E-state index contributed by atoms with van der Waals surface area (Å²) in [4.78, 5) is 14.2. The number of likely N-dealkylation sites (tertiary alicyclic amines) is 1. The third kappa shape index (κ3) is 6.49. The van der Waals surface area contributed by atoms with Crippen LogP contribution in [0.25, 0.3) is 0 Å². The number of halogens is 1. The molecular formula is C21H32BrNO3. The number of piperidine rings is 1. The molecule has 1 fully saturated rings. The van der Waals surface area contributed by atoms with E-state index < -0.39 is 5.60 Å². The van der Waals surface area contributed by atoms with Gasteiger partial charge in [-0.05, 0) is 90.0 Å². The molecule has 2 atom stereocenters. The third-order valence-electron chi connectivity index (χ3n) is 4.77. The fraction of sp³-hybridized carbons (Fsp3) is 0.667. The van der Waals surface area contributed by atoms with Crippen molar-refractivity contribution in [2.45, 2.75) is 71.9 Å². The van der Waals surface area contributed by atoms with Crippen molar-refractivity contribution in [3.05, 3.63) is 28.2 Å². The van der Waals surface area contributed by atoms with Crippen molar-refractivity contribution in [2.24, 2.45) is 5.92 Å². The summed E-state index contributed by atoms with van der Waals surface area (Å²) in [5.74, 6) is 1.58. The van der Waals surface area contributed by atoms with Crippen molar-refractivity contribution < 1.29 is 14.3 Å². The molecule has 0 N–H and O–H groups in total. The quantitative estimate of drug-likeness (QED) is 0.546. The second kappa shape index (κ2) is 9.12. The van der Waals surface area contributed by atoms with E-state index in [2.05, 4.69) is 35.8 Å². The Labute approximate surface area is 166 Å². The summed E-state index contributed by atoms with van der Waals surface area (Å²) < 4.78 is 12.5. The van der Waals surface area contributed by atoms with Crippen LogP contribution in [0.2, 0.25) is 0 Å². The maximum Gasteiger partial charge on any atom is 0.410 e. The minimum Gasteiger partial charge on any atom is -0.494 e. The number of carbonyl (C=O) groups excluding carboxylic acids is 1. The molecule has 4 nitrogen and oxygen atoms in total. The van der Waals surface area contributed by atoms with Crippen LogP contribution in [0.3, 0.4) is 0 Å². The van der Waals surface area contributed by atoms with Gasteiger partial charge >= 0.3 is 6.09 Å². The van der Waals surface area contributed by atoms with Crippen LogP contribution in [-0.2, 0) is 4.74 Å². The molecule has 1 aliphatic heterocycles. The minimum atomic E-state index is -0.434. The standard InChI is InChI=1S/C21H32BrNO3/c1-15-13-18(8-9-19(15)22)25-12-6-7-17-10-11-23(16(2)14-17)20(24)26-21(3,4)5/h8-9,13,16-17H,6-7,10-12,14H2,1-5H3/t16-,17-/m0/s1. The van der Waals surface area contributed by atoms with E-state index >= 15 is 0 Å². The summed E-state index contributed by atoms with van der Waals surface area (Å²) in [6.07, 6.45) is 4.08. The smallest absolute Gasteiger partial charge is 0.410 e. The van der Waals surface area contributed by atoms with E-state index in [1.165, 1.54) is 5.56 Å². The molecule has 0 spiro atoms. The second-order valence-corrected chi connectivity index (χ2v) is 9.17. The van der Waals surface area contributed by atoms with E-state index in [4.69, 9.17) is 9.47 Å². The molecule has 2 rings (SSSR count). The lowest BCUT2D eigenvalue weighted by Crippen LogP contribution is -2.46. The lowest BCUT2D eigenvalue weighted by molar-refractivity contribution is 0.00646. The molecule has 1 heterocycles. The number of hydrogen-bond acceptors (Lipinski definition) is 3. The zero-order chi connectivity index (χ0) is 19.3. The summed E-state index contributed by atoms with van der Waals surface area (Å²) in [6.45, 7) is 11.4. The van der Waals surface area contributed by atoms with E-state index in [0.29, 0.717) is 5.92 Å². The van der Waals surface area contributed by atoms with Crippen LogP contribution in [0.15, 0.2) is 22.7 Å². The van der Waals surface area contributed by atoms with E-state index in [9.17, 15) is 4.79 Å². The highest BCUT2D eigenvalue weighted by Gasteiger charge is 2.31. The van der Waals surface area contributed by atoms with Gasteiger partial charge in [-0.1, -0.05) is 15.9 Å². The van der Waals surface area contributed by atoms with Gasteiger partial charge in [0.15, 0.2) is 0 Å². The van der Waals surface area contributed by atoms with Crippen molar-refractivity contribution in [1.82, 2.24) is 4.90 Å². The molecule has 0 unspecified atom stereocenters. The Morgan fingerprint density at radius 3 is 2.69 bits per heavy atom. The van der Waals surface area contributed by atoms with Crippen molar-refractivity contribution >= 4 is 22.0 Å². The molecule has 1 aromatic rings. The average Bonchev–Trinajstić information content (AvgIpc) is 2.53. The van der Waals surface area contributed by atoms with E-state index in [1.54, 1.807) is 0 Å². The highest BCUT2D eigenvalue weighted by Crippen LogP contribution is 2.28. The van der Waals surface area contributed by atoms with E-state index in [1.807, 2.05) is 37.8 Å². The summed E-state index contributed by atoms with van der Waals surface area (Å²) in [5.41, 5.74) is 0.752. The first-order chi connectivity index (χ1) is 12.2. The van der Waals surface area contributed by atoms with Crippen molar-refractivity contribution in [3.8, 4) is 5.75 Å². The summed E-state index contributed by atoms with van der Waals surface area (Å²) >= 11 is 3.51. The maximum absolute atomic E-state index is 12.3. The van der Waals surface area contributed by atoms with Gasteiger partial charge in [0.25, 0.3) is 0 Å². The molecule has 1 amide bonds. The highest BCUT2D eigenvalue weighted by atomic mass is 79.9. The molecule has 1 aliphatic rings. The molecule has 0 aromatic heterocycles. The van der Waals surface area contributed by atoms with E-state index in [-0.39, 0.29) is 12.1 Å². The fourth-order valence-electron chi connectivity index (χ4n) is 3.39. The number of rotatable bonds is 5. The van der Waals surface area contributed by atoms with Crippen molar-refractivity contribution in [3.63, 3.8) is 0 Å². The first-order valence-corrected chi connectivity index (χ1v) is 10.3. The van der Waals surface area contributed by atoms with Gasteiger partial charge in [-0.3, -0.25) is 0 Å². The van der Waals surface area contributed by atoms with E-state index in [0.717, 1.165) is 49.1 Å². The fourth-order valence-corrected chi connectivity index (χ4v) is 3.64. The van der Waals surface area contributed by atoms with Crippen molar-refractivity contribution in [1.29, 1.82) is 0 Å². The molecule has 0 radical (unpaired) electrons. The van der Waals surface area contributed by atoms with Gasteiger partial charge in [0.1, 0.15) is 11.4 Å². The Hall–Kier alpha value is -1.23. The number of aryl methyl sites for hydroxylation is 1. The molecule has 1 aromatic carbocycles. The number of hydrogen-bond donors (Lipinski definition) is 0. The molecule has 0 bridgehead atoms. The number of benzene rings is 1. The van der Waals surface area contributed by atoms with Crippen LogP contribution in [0.4, 0.5) is 4.79 Å². The van der Waals surface area contributed by atoms with Gasteiger partial charge in [-0.2, -0.15) is 0 Å². The van der Waals surface area contributed by atoms with Crippen LogP contribution in [0, 0.1) is 12.8 Å². The Morgan fingerprint density at radius 2 is 2.08 bits per heavy atom. The zero-order valence-electron chi connectivity index (χ0n) is 16.7. The zero-order valence-corrected chi connectivity index (χ0v) is 18.3. The molecule has 0 aliphatic carbocycles. The van der Waals surface area contributed by atoms with Crippen LogP contribution in [0.1, 0.15) is 58.9 Å².